The van der Waals surface area contributed by atoms with Crippen LogP contribution in [0, 0.1) is 0 Å². The minimum absolute atomic E-state index is 0.0262. The topological polar surface area (TPSA) is 67.0 Å². The van der Waals surface area contributed by atoms with Crippen molar-refractivity contribution in [2.75, 3.05) is 12.4 Å². The van der Waals surface area contributed by atoms with Gasteiger partial charge in [0, 0.05) is 11.9 Å². The number of esters is 1. The summed E-state index contributed by atoms with van der Waals surface area (Å²) in [5, 5.41) is 10.0. The van der Waals surface area contributed by atoms with Crippen LogP contribution in [-0.4, -0.2) is 23.3 Å². The molecule has 1 heterocycles. The lowest BCUT2D eigenvalue weighted by Gasteiger charge is -2.15. The number of H-pyrrole nitrogens is 1. The largest absolute Gasteiger partial charge is 0.465 e. The third kappa shape index (κ3) is 2.51. The van der Waals surface area contributed by atoms with Crippen molar-refractivity contribution in [3.8, 4) is 0 Å². The van der Waals surface area contributed by atoms with Gasteiger partial charge < -0.3 is 10.1 Å². The predicted molar refractivity (Wildman–Crippen MR) is 68.4 cm³/mol. The molecule has 0 radical (unpaired) electrons. The van der Waals surface area contributed by atoms with E-state index in [4.69, 9.17) is 4.74 Å². The molecule has 1 atom stereocenters. The van der Waals surface area contributed by atoms with E-state index in [9.17, 15) is 4.79 Å². The van der Waals surface area contributed by atoms with Crippen LogP contribution in [0.1, 0.15) is 29.0 Å². The first-order valence-corrected chi connectivity index (χ1v) is 5.65. The highest BCUT2D eigenvalue weighted by Crippen LogP contribution is 2.21. The van der Waals surface area contributed by atoms with Crippen molar-refractivity contribution in [1.82, 2.24) is 10.2 Å². The summed E-state index contributed by atoms with van der Waals surface area (Å²) >= 11 is 0. The summed E-state index contributed by atoms with van der Waals surface area (Å²) < 4.78 is 4.75. The standard InChI is InChI=1S/C13H15N3O2/c1-9(11-7-8-14-16-11)15-12-6-4-3-5-10(12)13(17)18-2/h3-9,15H,1-2H3,(H,14,16). The number of nitrogens with zero attached hydrogens (tertiary/aromatic N) is 1. The number of ether oxygens (including phenoxy) is 1. The third-order valence-corrected chi connectivity index (χ3v) is 2.69. The monoisotopic (exact) mass is 245 g/mol. The molecule has 2 aromatic rings. The highest BCUT2D eigenvalue weighted by atomic mass is 16.5. The predicted octanol–water partition coefficient (Wildman–Crippen LogP) is 2.37. The van der Waals surface area contributed by atoms with Crippen molar-refractivity contribution in [3.05, 3.63) is 47.8 Å². The van der Waals surface area contributed by atoms with Gasteiger partial charge in [0.2, 0.25) is 0 Å². The Hall–Kier alpha value is -2.30. The third-order valence-electron chi connectivity index (χ3n) is 2.69. The Morgan fingerprint density at radius 1 is 1.39 bits per heavy atom. The second kappa shape index (κ2) is 5.35. The van der Waals surface area contributed by atoms with Crippen molar-refractivity contribution in [1.29, 1.82) is 0 Å². The maximum atomic E-state index is 11.6. The fourth-order valence-electron chi connectivity index (χ4n) is 1.72. The number of rotatable bonds is 4. The summed E-state index contributed by atoms with van der Waals surface area (Å²) in [5.74, 6) is -0.352. The van der Waals surface area contributed by atoms with Crippen LogP contribution in [0.25, 0.3) is 0 Å². The molecule has 0 saturated heterocycles. The number of aromatic nitrogens is 2. The first-order chi connectivity index (χ1) is 8.72. The van der Waals surface area contributed by atoms with Gasteiger partial charge in [-0.15, -0.1) is 0 Å². The van der Waals surface area contributed by atoms with Crippen LogP contribution >= 0.6 is 0 Å². The van der Waals surface area contributed by atoms with E-state index in [1.165, 1.54) is 7.11 Å². The molecule has 2 rings (SSSR count). The zero-order valence-electron chi connectivity index (χ0n) is 10.3. The zero-order chi connectivity index (χ0) is 13.0. The molecule has 2 N–H and O–H groups in total. The molecule has 1 aromatic heterocycles. The fraction of sp³-hybridized carbons (Fsp3) is 0.231. The molecule has 18 heavy (non-hydrogen) atoms. The van der Waals surface area contributed by atoms with Crippen molar-refractivity contribution in [2.24, 2.45) is 0 Å². The Balaban J connectivity index is 2.21. The molecule has 1 aromatic carbocycles. The van der Waals surface area contributed by atoms with Crippen LogP contribution in [0.15, 0.2) is 36.5 Å². The van der Waals surface area contributed by atoms with Gasteiger partial charge in [0.25, 0.3) is 0 Å². The van der Waals surface area contributed by atoms with Gasteiger partial charge in [0.15, 0.2) is 0 Å². The number of hydrogen-bond acceptors (Lipinski definition) is 4. The van der Waals surface area contributed by atoms with Crippen molar-refractivity contribution >= 4 is 11.7 Å². The van der Waals surface area contributed by atoms with E-state index in [1.54, 1.807) is 18.3 Å². The molecule has 0 aliphatic carbocycles. The Morgan fingerprint density at radius 3 is 2.83 bits per heavy atom. The van der Waals surface area contributed by atoms with E-state index in [2.05, 4.69) is 15.5 Å². The Bertz CT molecular complexity index is 523. The summed E-state index contributed by atoms with van der Waals surface area (Å²) in [6, 6.07) is 9.16. The number of nitrogens with one attached hydrogen (secondary N) is 2. The van der Waals surface area contributed by atoms with Gasteiger partial charge in [-0.2, -0.15) is 5.10 Å². The smallest absolute Gasteiger partial charge is 0.339 e. The number of methoxy groups -OCH3 is 1. The van der Waals surface area contributed by atoms with Gasteiger partial charge in [-0.3, -0.25) is 5.10 Å². The first kappa shape index (κ1) is 12.2. The number of anilines is 1. The second-order valence-electron chi connectivity index (χ2n) is 3.92. The van der Waals surface area contributed by atoms with E-state index in [-0.39, 0.29) is 12.0 Å². The van der Waals surface area contributed by atoms with Gasteiger partial charge in [0.05, 0.1) is 24.4 Å². The van der Waals surface area contributed by atoms with Gasteiger partial charge in [-0.25, -0.2) is 4.79 Å². The SMILES string of the molecule is COC(=O)c1ccccc1NC(C)c1ccn[nH]1. The molecule has 0 spiro atoms. The van der Waals surface area contributed by atoms with Gasteiger partial charge in [-0.05, 0) is 25.1 Å². The van der Waals surface area contributed by atoms with Crippen LogP contribution in [0.4, 0.5) is 5.69 Å². The summed E-state index contributed by atoms with van der Waals surface area (Å²) in [6.45, 7) is 1.99. The lowest BCUT2D eigenvalue weighted by Crippen LogP contribution is -2.12. The normalized spacial score (nSPS) is 11.9. The van der Waals surface area contributed by atoms with Crippen LogP contribution in [-0.2, 0) is 4.74 Å². The molecule has 0 fully saturated rings. The molecule has 0 amide bonds. The number of hydrogen-bond donors (Lipinski definition) is 2. The number of benzene rings is 1. The highest BCUT2D eigenvalue weighted by molar-refractivity contribution is 5.95. The van der Waals surface area contributed by atoms with Crippen LogP contribution in [0.5, 0.6) is 0 Å². The molecular formula is C13H15N3O2. The molecule has 0 aliphatic heterocycles. The molecule has 5 heteroatoms. The van der Waals surface area contributed by atoms with E-state index < -0.39 is 0 Å². The summed E-state index contributed by atoms with van der Waals surface area (Å²) in [5.41, 5.74) is 2.22. The minimum Gasteiger partial charge on any atom is -0.465 e. The minimum atomic E-state index is -0.352. The van der Waals surface area contributed by atoms with Gasteiger partial charge in [-0.1, -0.05) is 12.1 Å². The van der Waals surface area contributed by atoms with E-state index in [1.807, 2.05) is 25.1 Å². The average Bonchev–Trinajstić information content (AvgIpc) is 2.92. The van der Waals surface area contributed by atoms with Crippen LogP contribution in [0.2, 0.25) is 0 Å². The van der Waals surface area contributed by atoms with Gasteiger partial charge >= 0.3 is 5.97 Å². The fourth-order valence-corrected chi connectivity index (χ4v) is 1.72. The van der Waals surface area contributed by atoms with Crippen molar-refractivity contribution in [3.63, 3.8) is 0 Å². The van der Waals surface area contributed by atoms with E-state index in [0.717, 1.165) is 11.4 Å². The number of carbonyl (C=O) groups excluding carboxylic acids is 1. The summed E-state index contributed by atoms with van der Waals surface area (Å²) in [7, 11) is 1.37. The lowest BCUT2D eigenvalue weighted by atomic mass is 10.1. The molecule has 0 aliphatic rings. The quantitative estimate of drug-likeness (QED) is 0.811. The summed E-state index contributed by atoms with van der Waals surface area (Å²) in [4.78, 5) is 11.6. The molecule has 0 saturated carbocycles. The molecular weight excluding hydrogens is 230 g/mol. The van der Waals surface area contributed by atoms with Crippen LogP contribution < -0.4 is 5.32 Å². The van der Waals surface area contributed by atoms with Crippen molar-refractivity contribution < 1.29 is 9.53 Å². The zero-order valence-corrected chi connectivity index (χ0v) is 10.3. The number of aromatic amines is 1. The second-order valence-corrected chi connectivity index (χ2v) is 3.92. The molecule has 5 nitrogen and oxygen atoms in total. The first-order valence-electron chi connectivity index (χ1n) is 5.65. The highest BCUT2D eigenvalue weighted by Gasteiger charge is 2.13. The Morgan fingerprint density at radius 2 is 2.17 bits per heavy atom. The maximum Gasteiger partial charge on any atom is 0.339 e. The molecule has 1 unspecified atom stereocenters. The maximum absolute atomic E-state index is 11.6. The number of para-hydroxylation sites is 1. The van der Waals surface area contributed by atoms with Crippen molar-refractivity contribution in [2.45, 2.75) is 13.0 Å². The summed E-state index contributed by atoms with van der Waals surface area (Å²) in [6.07, 6.45) is 1.69. The van der Waals surface area contributed by atoms with Crippen LogP contribution in [0.3, 0.4) is 0 Å². The molecule has 0 bridgehead atoms. The van der Waals surface area contributed by atoms with Gasteiger partial charge in [0.1, 0.15) is 0 Å². The van der Waals surface area contributed by atoms with E-state index in [0.29, 0.717) is 5.56 Å². The average molecular weight is 245 g/mol. The Labute approximate surface area is 105 Å². The number of carbonyl (C=O) groups is 1. The Kier molecular flexibility index (Phi) is 3.62. The van der Waals surface area contributed by atoms with E-state index >= 15 is 0 Å². The lowest BCUT2D eigenvalue weighted by molar-refractivity contribution is 0.0602. The molecule has 94 valence electrons.